The van der Waals surface area contributed by atoms with E-state index in [0.717, 1.165) is 0 Å². The van der Waals surface area contributed by atoms with Crippen molar-refractivity contribution < 1.29 is 14.5 Å². The predicted molar refractivity (Wildman–Crippen MR) is 75.4 cm³/mol. The number of hydrogen-bond donors (Lipinski definition) is 0. The lowest BCUT2D eigenvalue weighted by atomic mass is 10.1. The second kappa shape index (κ2) is 5.35. The minimum Gasteiger partial charge on any atom is -0.456 e. The Morgan fingerprint density at radius 3 is 2.62 bits per heavy atom. The molecule has 1 aromatic carbocycles. The van der Waals surface area contributed by atoms with E-state index >= 15 is 0 Å². The van der Waals surface area contributed by atoms with Crippen LogP contribution in [0.1, 0.15) is 31.1 Å². The molecule has 0 fully saturated rings. The summed E-state index contributed by atoms with van der Waals surface area (Å²) in [4.78, 5) is 22.6. The molecule has 0 saturated heterocycles. The molecule has 1 aromatic heterocycles. The topological polar surface area (TPSA) is 87.3 Å². The van der Waals surface area contributed by atoms with Gasteiger partial charge < -0.3 is 4.74 Å². The Kier molecular flexibility index (Phi) is 3.75. The van der Waals surface area contributed by atoms with Crippen LogP contribution in [0.25, 0.3) is 5.69 Å². The summed E-state index contributed by atoms with van der Waals surface area (Å²) in [5.74, 6) is -0.721. The molecular formula is C14H15N3O4. The van der Waals surface area contributed by atoms with Crippen molar-refractivity contribution in [3.05, 3.63) is 52.3 Å². The molecule has 7 nitrogen and oxygen atoms in total. The highest BCUT2D eigenvalue weighted by atomic mass is 16.6. The first kappa shape index (κ1) is 14.7. The van der Waals surface area contributed by atoms with Crippen LogP contribution in [0.15, 0.2) is 36.7 Å². The Labute approximate surface area is 121 Å². The fraction of sp³-hybridized carbons (Fsp3) is 0.286. The van der Waals surface area contributed by atoms with Gasteiger partial charge in [-0.3, -0.25) is 10.1 Å². The molecule has 0 aliphatic heterocycles. The number of ether oxygens (including phenoxy) is 1. The number of aromatic nitrogens is 2. The monoisotopic (exact) mass is 289 g/mol. The molecule has 2 rings (SSSR count). The van der Waals surface area contributed by atoms with Gasteiger partial charge in [-0.15, -0.1) is 0 Å². The molecule has 0 radical (unpaired) electrons. The third-order valence-electron chi connectivity index (χ3n) is 2.57. The van der Waals surface area contributed by atoms with Crippen molar-refractivity contribution in [3.8, 4) is 5.69 Å². The standard InChI is InChI=1S/C14H15N3O4/c1-14(2,3)21-13(18)11-6-5-10(9-12(11)17(19)20)16-8-4-7-15-16/h4-9H,1-3H3. The van der Waals surface area contributed by atoms with Crippen LogP contribution in [0, 0.1) is 10.1 Å². The molecule has 0 aliphatic carbocycles. The van der Waals surface area contributed by atoms with Crippen LogP contribution in [0.3, 0.4) is 0 Å². The van der Waals surface area contributed by atoms with Gasteiger partial charge in [0, 0.05) is 18.5 Å². The number of nitro groups is 1. The van der Waals surface area contributed by atoms with Gasteiger partial charge in [0.25, 0.3) is 5.69 Å². The highest BCUT2D eigenvalue weighted by molar-refractivity contribution is 5.94. The van der Waals surface area contributed by atoms with Crippen LogP contribution >= 0.6 is 0 Å². The van der Waals surface area contributed by atoms with Gasteiger partial charge in [0.1, 0.15) is 11.2 Å². The van der Waals surface area contributed by atoms with Crippen molar-refractivity contribution in [2.45, 2.75) is 26.4 Å². The van der Waals surface area contributed by atoms with E-state index in [4.69, 9.17) is 4.74 Å². The normalized spacial score (nSPS) is 11.2. The number of nitro benzene ring substituents is 1. The van der Waals surface area contributed by atoms with E-state index in [1.807, 2.05) is 0 Å². The average Bonchev–Trinajstić information content (AvgIpc) is 2.89. The van der Waals surface area contributed by atoms with Gasteiger partial charge in [-0.2, -0.15) is 5.10 Å². The Balaban J connectivity index is 2.43. The molecular weight excluding hydrogens is 274 g/mol. The van der Waals surface area contributed by atoms with Gasteiger partial charge in [0.2, 0.25) is 0 Å². The molecule has 0 bridgehead atoms. The molecule has 0 N–H and O–H groups in total. The van der Waals surface area contributed by atoms with Crippen molar-refractivity contribution in [1.82, 2.24) is 9.78 Å². The predicted octanol–water partition coefficient (Wildman–Crippen LogP) is 2.74. The Hall–Kier alpha value is -2.70. The second-order valence-corrected chi connectivity index (χ2v) is 5.41. The Morgan fingerprint density at radius 2 is 2.10 bits per heavy atom. The lowest BCUT2D eigenvalue weighted by molar-refractivity contribution is -0.385. The van der Waals surface area contributed by atoms with Crippen LogP contribution < -0.4 is 0 Å². The first-order valence-electron chi connectivity index (χ1n) is 6.30. The summed E-state index contributed by atoms with van der Waals surface area (Å²) < 4.78 is 6.66. The molecule has 0 spiro atoms. The maximum atomic E-state index is 12.0. The molecule has 1 heterocycles. The number of benzene rings is 1. The maximum Gasteiger partial charge on any atom is 0.345 e. The Morgan fingerprint density at radius 1 is 1.38 bits per heavy atom. The number of esters is 1. The lowest BCUT2D eigenvalue weighted by Gasteiger charge is -2.19. The van der Waals surface area contributed by atoms with E-state index in [9.17, 15) is 14.9 Å². The van der Waals surface area contributed by atoms with E-state index in [2.05, 4.69) is 5.10 Å². The quantitative estimate of drug-likeness (QED) is 0.492. The summed E-state index contributed by atoms with van der Waals surface area (Å²) in [6.45, 7) is 5.11. The minimum atomic E-state index is -0.721. The fourth-order valence-electron chi connectivity index (χ4n) is 1.74. The number of nitrogens with zero attached hydrogens (tertiary/aromatic N) is 3. The fourth-order valence-corrected chi connectivity index (χ4v) is 1.74. The largest absolute Gasteiger partial charge is 0.456 e. The number of rotatable bonds is 3. The van der Waals surface area contributed by atoms with Gasteiger partial charge in [-0.25, -0.2) is 9.48 Å². The smallest absolute Gasteiger partial charge is 0.345 e. The van der Waals surface area contributed by atoms with E-state index in [-0.39, 0.29) is 11.3 Å². The van der Waals surface area contributed by atoms with Gasteiger partial charge in [0.15, 0.2) is 0 Å². The average molecular weight is 289 g/mol. The van der Waals surface area contributed by atoms with Gasteiger partial charge >= 0.3 is 5.97 Å². The van der Waals surface area contributed by atoms with Gasteiger partial charge in [0.05, 0.1) is 10.6 Å². The minimum absolute atomic E-state index is 0.0779. The molecule has 0 saturated carbocycles. The van der Waals surface area contributed by atoms with Gasteiger partial charge in [-0.1, -0.05) is 0 Å². The van der Waals surface area contributed by atoms with Gasteiger partial charge in [-0.05, 0) is 39.0 Å². The molecule has 0 aliphatic rings. The highest BCUT2D eigenvalue weighted by Gasteiger charge is 2.26. The van der Waals surface area contributed by atoms with Crippen LogP contribution in [0.2, 0.25) is 0 Å². The van der Waals surface area contributed by atoms with Crippen molar-refractivity contribution in [1.29, 1.82) is 0 Å². The zero-order valence-electron chi connectivity index (χ0n) is 11.9. The van der Waals surface area contributed by atoms with E-state index < -0.39 is 16.5 Å². The molecule has 0 atom stereocenters. The van der Waals surface area contributed by atoms with Crippen LogP contribution in [-0.4, -0.2) is 26.3 Å². The second-order valence-electron chi connectivity index (χ2n) is 5.41. The van der Waals surface area contributed by atoms with Crippen molar-refractivity contribution >= 4 is 11.7 Å². The van der Waals surface area contributed by atoms with E-state index in [1.54, 1.807) is 45.3 Å². The molecule has 21 heavy (non-hydrogen) atoms. The van der Waals surface area contributed by atoms with Crippen LogP contribution in [0.4, 0.5) is 5.69 Å². The van der Waals surface area contributed by atoms with Crippen molar-refractivity contribution in [2.24, 2.45) is 0 Å². The van der Waals surface area contributed by atoms with Crippen molar-refractivity contribution in [3.63, 3.8) is 0 Å². The maximum absolute atomic E-state index is 12.0. The number of carbonyl (C=O) groups is 1. The summed E-state index contributed by atoms with van der Waals surface area (Å²) >= 11 is 0. The van der Waals surface area contributed by atoms with E-state index in [0.29, 0.717) is 5.69 Å². The summed E-state index contributed by atoms with van der Waals surface area (Å²) in [5.41, 5.74) is -0.604. The molecule has 110 valence electrons. The zero-order valence-corrected chi connectivity index (χ0v) is 11.9. The van der Waals surface area contributed by atoms with Crippen molar-refractivity contribution in [2.75, 3.05) is 0 Å². The summed E-state index contributed by atoms with van der Waals surface area (Å²) in [7, 11) is 0. The number of carbonyl (C=O) groups excluding carboxylic acids is 1. The number of hydrogen-bond acceptors (Lipinski definition) is 5. The highest BCUT2D eigenvalue weighted by Crippen LogP contribution is 2.24. The third kappa shape index (κ3) is 3.44. The van der Waals surface area contributed by atoms with E-state index in [1.165, 1.54) is 16.8 Å². The summed E-state index contributed by atoms with van der Waals surface area (Å²) in [5, 5.41) is 15.2. The molecule has 0 unspecified atom stereocenters. The molecule has 0 amide bonds. The summed E-state index contributed by atoms with van der Waals surface area (Å²) in [6.07, 6.45) is 3.22. The first-order valence-corrected chi connectivity index (χ1v) is 6.30. The Bertz CT molecular complexity index is 672. The SMILES string of the molecule is CC(C)(C)OC(=O)c1ccc(-n2cccn2)cc1[N+](=O)[O-]. The zero-order chi connectivity index (χ0) is 15.6. The first-order chi connectivity index (χ1) is 9.78. The third-order valence-corrected chi connectivity index (χ3v) is 2.57. The molecule has 7 heteroatoms. The van der Waals surface area contributed by atoms with Crippen LogP contribution in [-0.2, 0) is 4.74 Å². The van der Waals surface area contributed by atoms with Crippen LogP contribution in [0.5, 0.6) is 0 Å². The molecule has 2 aromatic rings. The summed E-state index contributed by atoms with van der Waals surface area (Å²) in [6, 6.07) is 5.96. The lowest BCUT2D eigenvalue weighted by Crippen LogP contribution is -2.24.